The van der Waals surface area contributed by atoms with Gasteiger partial charge in [0.25, 0.3) is 0 Å². The van der Waals surface area contributed by atoms with E-state index in [2.05, 4.69) is 421 Å². The Morgan fingerprint density at radius 2 is 0.629 bits per heavy atom. The standard InChI is InChI=1S/4C18H15P.C9H8ClN3S.C6H7BClNO2.C6H5BrClN.C5H2BrF3N2OS.Pd/c4*1-4-10-16(11-5-1)19(17-12-6-2-7-13-17)18-14-8-3-9-15-18;1-5-7(10)2-6(3-12-5)9-13-8(11)4-14-9;1-4-6(8)2-5(3-9-4)7(10)11;1-4-6(8)2-5(7)3-9-4;6-4-11-2(1-13-4)10-3(12)5(7,8)9;/h4*1-15H;2-4H,11H2,1H3;2-3,10-11H,1H3;2-3H,1H3;1H,(H,10,12);. The number of hydrogen-bond donors (Lipinski definition) is 4. The second-order valence-corrected chi connectivity index (χ2v) is 40.1. The maximum Gasteiger partial charge on any atom is 0.490 e. The summed E-state index contributed by atoms with van der Waals surface area (Å²) in [5.74, 6) is -1.61. The number of nitrogen functional groups attached to an aromatic ring is 1. The number of rotatable bonds is 15. The van der Waals surface area contributed by atoms with Crippen LogP contribution in [0.1, 0.15) is 17.1 Å². The van der Waals surface area contributed by atoms with Crippen LogP contribution in [0.2, 0.25) is 15.1 Å². The van der Waals surface area contributed by atoms with Crippen LogP contribution in [-0.4, -0.2) is 54.2 Å². The van der Waals surface area contributed by atoms with Gasteiger partial charge in [0.1, 0.15) is 16.6 Å². The van der Waals surface area contributed by atoms with Crippen molar-refractivity contribution in [3.8, 4) is 10.6 Å². The van der Waals surface area contributed by atoms with E-state index in [0.29, 0.717) is 36.0 Å². The quantitative estimate of drug-likeness (QED) is 0.0579. The molecule has 0 aliphatic rings. The molecule has 0 spiro atoms. The predicted octanol–water partition coefficient (Wildman–Crippen LogP) is 21.5. The largest absolute Gasteiger partial charge is 0.490 e. The molecule has 17 aromatic rings. The summed E-state index contributed by atoms with van der Waals surface area (Å²) in [5.41, 5.74) is 9.10. The molecule has 0 fully saturated rings. The van der Waals surface area contributed by atoms with Crippen LogP contribution < -0.4 is 80.2 Å². The van der Waals surface area contributed by atoms with Crippen LogP contribution in [0.25, 0.3) is 10.6 Å². The van der Waals surface area contributed by atoms with E-state index in [1.165, 1.54) is 92.6 Å². The third-order valence-electron chi connectivity index (χ3n) is 17.3. The second-order valence-electron chi connectivity index (χ2n) is 26.1. The molecule has 0 atom stereocenters. The number of hydrogen-bond acceptors (Lipinski definition) is 11. The van der Waals surface area contributed by atoms with E-state index < -0.39 is 50.9 Å². The van der Waals surface area contributed by atoms with Crippen molar-refractivity contribution < 1.29 is 48.4 Å². The summed E-state index contributed by atoms with van der Waals surface area (Å²) in [6, 6.07) is 134. The number of pyridine rings is 3. The van der Waals surface area contributed by atoms with E-state index in [0.717, 1.165) is 37.8 Å². The Kier molecular flexibility index (Phi) is 41.7. The van der Waals surface area contributed by atoms with Crippen molar-refractivity contribution in [2.45, 2.75) is 26.9 Å². The molecule has 628 valence electrons. The number of nitrogens with zero attached hydrogens (tertiary/aromatic N) is 5. The molecule has 0 saturated heterocycles. The normalized spacial score (nSPS) is 10.4. The molecule has 0 radical (unpaired) electrons. The molecular weight excluding hydrogens is 1950 g/mol. The van der Waals surface area contributed by atoms with Crippen LogP contribution in [0.5, 0.6) is 0 Å². The number of alkyl halides is 3. The number of anilines is 2. The monoisotopic (exact) mass is 2030 g/mol. The summed E-state index contributed by atoms with van der Waals surface area (Å²) in [5, 5.41) is 41.5. The molecule has 17 rings (SSSR count). The number of aryl methyl sites for hydroxylation is 3. The molecule has 0 aliphatic carbocycles. The second kappa shape index (κ2) is 52.5. The first kappa shape index (κ1) is 98.4. The third-order valence-corrected chi connectivity index (χ3v) is 30.9. The summed E-state index contributed by atoms with van der Waals surface area (Å²) in [7, 11) is -3.28. The van der Waals surface area contributed by atoms with Crippen molar-refractivity contribution in [2.75, 3.05) is 11.1 Å². The minimum atomic E-state index is -4.88. The smallest absolute Gasteiger partial charge is 0.423 e. The number of carbonyl (C=O) groups excluding carboxylic acids is 1. The molecule has 124 heavy (non-hydrogen) atoms. The Labute approximate surface area is 781 Å². The zero-order valence-electron chi connectivity index (χ0n) is 66.9. The number of nitrogens with two attached hydrogens (primary N) is 1. The Hall–Kier alpha value is -9.39. The molecule has 0 unspecified atom stereocenters. The van der Waals surface area contributed by atoms with E-state index in [4.69, 9.17) is 50.6 Å². The minimum Gasteiger partial charge on any atom is -0.423 e. The van der Waals surface area contributed by atoms with E-state index in [9.17, 15) is 18.0 Å². The SMILES string of the molecule is Cc1ncc(-c2nc(N)cs2)cc1Cl.Cc1ncc(B(O)O)cc1Cl.Cc1ncc(Br)cc1Cl.O=C(Nc1csc(Br)n1)C(F)(F)F.[Pd].c1ccc(P(c2ccccc2)c2ccccc2)cc1.c1ccc(P(c2ccccc2)c2ccccc2)cc1.c1ccc(P(c2ccccc2)c2ccccc2)cc1.c1ccc(P(c2ccccc2)c2ccccc2)cc1. The number of benzene rings is 12. The fraction of sp³-hybridized carbons (Fsp3) is 0.0408. The van der Waals surface area contributed by atoms with Crippen LogP contribution in [0.3, 0.4) is 0 Å². The molecule has 5 N–H and O–H groups in total. The minimum absolute atomic E-state index is 0. The Balaban J connectivity index is 0.000000162. The summed E-state index contributed by atoms with van der Waals surface area (Å²) in [6.45, 7) is 5.48. The van der Waals surface area contributed by atoms with E-state index >= 15 is 0 Å². The van der Waals surface area contributed by atoms with Gasteiger partial charge in [0.05, 0.1) is 32.1 Å². The Bertz CT molecular complexity index is 5100. The molecule has 12 aromatic carbocycles. The van der Waals surface area contributed by atoms with Gasteiger partial charge in [-0.3, -0.25) is 19.7 Å². The summed E-state index contributed by atoms with van der Waals surface area (Å²) < 4.78 is 36.4. The molecule has 0 bridgehead atoms. The number of carbonyl (C=O) groups is 1. The van der Waals surface area contributed by atoms with Crippen molar-refractivity contribution in [1.29, 1.82) is 0 Å². The van der Waals surface area contributed by atoms with Crippen LogP contribution >= 0.6 is 121 Å². The molecule has 0 saturated carbocycles. The van der Waals surface area contributed by atoms with Crippen molar-refractivity contribution >= 4 is 215 Å². The fourth-order valence-electron chi connectivity index (χ4n) is 11.4. The summed E-state index contributed by atoms with van der Waals surface area (Å²) in [4.78, 5) is 30.1. The van der Waals surface area contributed by atoms with Crippen molar-refractivity contribution in [3.05, 3.63) is 452 Å². The topological polar surface area (TPSA) is 160 Å². The maximum absolute atomic E-state index is 11.7. The summed E-state index contributed by atoms with van der Waals surface area (Å²) in [6.07, 6.45) is -0.0251. The molecular formula is C98H82BBr2Cl3F3N7O3P4PdS2. The number of aromatic nitrogens is 5. The van der Waals surface area contributed by atoms with Crippen LogP contribution in [0, 0.1) is 20.8 Å². The number of halogens is 8. The maximum atomic E-state index is 11.7. The molecule has 5 aromatic heterocycles. The molecule has 26 heteroatoms. The average molecular weight is 2030 g/mol. The van der Waals surface area contributed by atoms with Gasteiger partial charge < -0.3 is 21.1 Å². The van der Waals surface area contributed by atoms with Gasteiger partial charge in [0.15, 0.2) is 3.92 Å². The van der Waals surface area contributed by atoms with Crippen molar-refractivity contribution in [3.63, 3.8) is 0 Å². The molecule has 5 heterocycles. The fourth-order valence-corrected chi connectivity index (χ4v) is 23.2. The number of amides is 1. The number of nitrogens with one attached hydrogen (secondary N) is 1. The van der Waals surface area contributed by atoms with Gasteiger partial charge in [-0.1, -0.05) is 399 Å². The average Bonchev–Trinajstić information content (AvgIpc) is 0.986. The first-order chi connectivity index (χ1) is 59.7. The van der Waals surface area contributed by atoms with Gasteiger partial charge >= 0.3 is 19.2 Å². The zero-order chi connectivity index (χ0) is 87.1. The van der Waals surface area contributed by atoms with Crippen LogP contribution in [0.4, 0.5) is 24.8 Å². The predicted molar refractivity (Wildman–Crippen MR) is 530 cm³/mol. The Morgan fingerprint density at radius 3 is 0.831 bits per heavy atom. The Morgan fingerprint density at radius 1 is 0.379 bits per heavy atom. The van der Waals surface area contributed by atoms with Gasteiger partial charge in [0, 0.05) is 65.3 Å². The van der Waals surface area contributed by atoms with Gasteiger partial charge in [-0.25, -0.2) is 9.97 Å². The van der Waals surface area contributed by atoms with Crippen LogP contribution in [-0.2, 0) is 25.2 Å². The van der Waals surface area contributed by atoms with E-state index in [1.807, 2.05) is 26.0 Å². The van der Waals surface area contributed by atoms with Gasteiger partial charge in [0.2, 0.25) is 0 Å². The third kappa shape index (κ3) is 31.9. The van der Waals surface area contributed by atoms with Crippen molar-refractivity contribution in [2.24, 2.45) is 0 Å². The van der Waals surface area contributed by atoms with Crippen molar-refractivity contribution in [1.82, 2.24) is 24.9 Å². The van der Waals surface area contributed by atoms with E-state index in [1.54, 1.807) is 30.0 Å². The van der Waals surface area contributed by atoms with Gasteiger partial charge in [-0.05, 0) is 166 Å². The molecule has 1 amide bonds. The molecule has 0 aliphatic heterocycles. The first-order valence-electron chi connectivity index (χ1n) is 38.1. The number of thiazole rings is 2. The first-order valence-corrected chi connectivity index (χ1v) is 47.9. The summed E-state index contributed by atoms with van der Waals surface area (Å²) >= 11 is 26.1. The van der Waals surface area contributed by atoms with Gasteiger partial charge in [-0.15, -0.1) is 22.7 Å². The zero-order valence-corrected chi connectivity index (χ0v) is 79.1. The van der Waals surface area contributed by atoms with E-state index in [-0.39, 0.29) is 26.2 Å². The van der Waals surface area contributed by atoms with Gasteiger partial charge in [-0.2, -0.15) is 13.2 Å². The molecule has 10 nitrogen and oxygen atoms in total. The van der Waals surface area contributed by atoms with Crippen LogP contribution in [0.15, 0.2) is 420 Å².